The van der Waals surface area contributed by atoms with Crippen molar-refractivity contribution in [2.24, 2.45) is 5.92 Å². The van der Waals surface area contributed by atoms with Gasteiger partial charge in [0.2, 0.25) is 5.88 Å². The zero-order chi connectivity index (χ0) is 14.8. The molecule has 20 heavy (non-hydrogen) atoms. The number of methoxy groups -OCH3 is 2. The number of rotatable bonds is 10. The number of anilines is 1. The van der Waals surface area contributed by atoms with Crippen LogP contribution >= 0.6 is 0 Å². The van der Waals surface area contributed by atoms with Crippen LogP contribution in [0.2, 0.25) is 0 Å². The van der Waals surface area contributed by atoms with Crippen LogP contribution in [0.25, 0.3) is 0 Å². The van der Waals surface area contributed by atoms with Crippen molar-refractivity contribution in [3.05, 3.63) is 11.9 Å². The van der Waals surface area contributed by atoms with E-state index in [1.54, 1.807) is 20.3 Å². The molecule has 0 radical (unpaired) electrons. The molecule has 0 aliphatic carbocycles. The Hall–Kier alpha value is -1.40. The maximum absolute atomic E-state index is 5.57. The molecule has 0 aromatic carbocycles. The Bertz CT molecular complexity index is 358. The molecule has 0 amide bonds. The Morgan fingerprint density at radius 2 is 1.85 bits per heavy atom. The van der Waals surface area contributed by atoms with E-state index < -0.39 is 0 Å². The maximum atomic E-state index is 5.57. The van der Waals surface area contributed by atoms with Gasteiger partial charge in [-0.1, -0.05) is 13.8 Å². The molecule has 0 saturated heterocycles. The highest BCUT2D eigenvalue weighted by Gasteiger charge is 2.07. The Labute approximate surface area is 120 Å². The molecule has 0 aliphatic heterocycles. The molecule has 0 saturated carbocycles. The summed E-state index contributed by atoms with van der Waals surface area (Å²) in [6, 6.07) is 1.80. The first-order chi connectivity index (χ1) is 9.65. The quantitative estimate of drug-likeness (QED) is 0.660. The van der Waals surface area contributed by atoms with E-state index in [1.165, 1.54) is 0 Å². The van der Waals surface area contributed by atoms with Crippen LogP contribution < -0.4 is 10.1 Å². The highest BCUT2D eigenvalue weighted by Crippen LogP contribution is 2.15. The molecule has 0 atom stereocenters. The van der Waals surface area contributed by atoms with E-state index in [-0.39, 0.29) is 0 Å². The lowest BCUT2D eigenvalue weighted by Crippen LogP contribution is -2.13. The van der Waals surface area contributed by atoms with Gasteiger partial charge in [0.1, 0.15) is 18.2 Å². The van der Waals surface area contributed by atoms with E-state index in [1.807, 2.05) is 0 Å². The lowest BCUT2D eigenvalue weighted by molar-refractivity contribution is 0.143. The lowest BCUT2D eigenvalue weighted by Gasteiger charge is -2.11. The predicted molar refractivity (Wildman–Crippen MR) is 78.3 cm³/mol. The van der Waals surface area contributed by atoms with Gasteiger partial charge >= 0.3 is 0 Å². The molecule has 0 spiro atoms. The fraction of sp³-hybridized carbons (Fsp3) is 0.714. The molecule has 6 nitrogen and oxygen atoms in total. The normalized spacial score (nSPS) is 10.8. The van der Waals surface area contributed by atoms with Crippen molar-refractivity contribution in [3.63, 3.8) is 0 Å². The van der Waals surface area contributed by atoms with Crippen molar-refractivity contribution < 1.29 is 14.2 Å². The predicted octanol–water partition coefficient (Wildman–Crippen LogP) is 1.76. The molecular weight excluding hydrogens is 258 g/mol. The van der Waals surface area contributed by atoms with Crippen LogP contribution in [0.5, 0.6) is 5.88 Å². The van der Waals surface area contributed by atoms with Gasteiger partial charge in [0.15, 0.2) is 0 Å². The number of hydrogen-bond donors (Lipinski definition) is 1. The fourth-order valence-electron chi connectivity index (χ4n) is 1.60. The van der Waals surface area contributed by atoms with Crippen molar-refractivity contribution in [2.45, 2.75) is 20.3 Å². The molecular formula is C14H25N3O3. The van der Waals surface area contributed by atoms with Crippen LogP contribution in [0.3, 0.4) is 0 Å². The van der Waals surface area contributed by atoms with Gasteiger partial charge in [-0.3, -0.25) is 0 Å². The van der Waals surface area contributed by atoms with Crippen LogP contribution in [0.15, 0.2) is 6.07 Å². The first kappa shape index (κ1) is 16.7. The Kier molecular flexibility index (Phi) is 7.91. The third-order valence-electron chi connectivity index (χ3n) is 2.49. The van der Waals surface area contributed by atoms with E-state index in [0.717, 1.165) is 18.1 Å². The minimum atomic E-state index is 0.478. The number of ether oxygens (including phenoxy) is 3. The van der Waals surface area contributed by atoms with Crippen molar-refractivity contribution in [1.82, 2.24) is 9.97 Å². The zero-order valence-corrected chi connectivity index (χ0v) is 12.8. The number of hydrogen-bond acceptors (Lipinski definition) is 6. The van der Waals surface area contributed by atoms with E-state index >= 15 is 0 Å². The summed E-state index contributed by atoms with van der Waals surface area (Å²) in [7, 11) is 3.32. The van der Waals surface area contributed by atoms with Crippen molar-refractivity contribution >= 4 is 5.82 Å². The van der Waals surface area contributed by atoms with Crippen LogP contribution in [-0.4, -0.2) is 50.6 Å². The Morgan fingerprint density at radius 3 is 2.50 bits per heavy atom. The smallest absolute Gasteiger partial charge is 0.218 e. The monoisotopic (exact) mass is 283 g/mol. The van der Waals surface area contributed by atoms with E-state index in [4.69, 9.17) is 14.2 Å². The minimum Gasteiger partial charge on any atom is -0.475 e. The van der Waals surface area contributed by atoms with E-state index in [2.05, 4.69) is 29.1 Å². The molecule has 0 unspecified atom stereocenters. The molecule has 1 N–H and O–H groups in total. The topological polar surface area (TPSA) is 65.5 Å². The van der Waals surface area contributed by atoms with Gasteiger partial charge < -0.3 is 19.5 Å². The molecule has 0 bridgehead atoms. The van der Waals surface area contributed by atoms with Gasteiger partial charge in [0, 0.05) is 33.3 Å². The zero-order valence-electron chi connectivity index (χ0n) is 12.8. The van der Waals surface area contributed by atoms with E-state index in [9.17, 15) is 0 Å². The molecule has 0 fully saturated rings. The largest absolute Gasteiger partial charge is 0.475 e. The fourth-order valence-corrected chi connectivity index (χ4v) is 1.60. The second-order valence-corrected chi connectivity index (χ2v) is 4.87. The van der Waals surface area contributed by atoms with Crippen molar-refractivity contribution in [2.75, 3.05) is 45.9 Å². The number of aromatic nitrogens is 2. The highest BCUT2D eigenvalue weighted by molar-refractivity contribution is 5.38. The summed E-state index contributed by atoms with van der Waals surface area (Å²) >= 11 is 0. The van der Waals surface area contributed by atoms with Gasteiger partial charge in [0.25, 0.3) is 0 Å². The van der Waals surface area contributed by atoms with Crippen LogP contribution in [0.1, 0.15) is 19.7 Å². The molecule has 6 heteroatoms. The summed E-state index contributed by atoms with van der Waals surface area (Å²) in [5.41, 5.74) is 0. The van der Waals surface area contributed by atoms with Crippen molar-refractivity contribution in [3.8, 4) is 5.88 Å². The van der Waals surface area contributed by atoms with Gasteiger partial charge in [-0.15, -0.1) is 0 Å². The summed E-state index contributed by atoms with van der Waals surface area (Å²) in [6.07, 6.45) is 0.820. The average Bonchev–Trinajstić information content (AvgIpc) is 2.38. The summed E-state index contributed by atoms with van der Waals surface area (Å²) in [6.45, 7) is 6.62. The van der Waals surface area contributed by atoms with Crippen molar-refractivity contribution in [1.29, 1.82) is 0 Å². The van der Waals surface area contributed by atoms with Crippen LogP contribution in [0.4, 0.5) is 5.82 Å². The number of nitrogens with zero attached hydrogens (tertiary/aromatic N) is 2. The third-order valence-corrected chi connectivity index (χ3v) is 2.49. The molecule has 1 aromatic rings. The second-order valence-electron chi connectivity index (χ2n) is 4.87. The maximum Gasteiger partial charge on any atom is 0.218 e. The highest BCUT2D eigenvalue weighted by atomic mass is 16.5. The first-order valence-corrected chi connectivity index (χ1v) is 6.88. The lowest BCUT2D eigenvalue weighted by atomic mass is 10.1. The van der Waals surface area contributed by atoms with Gasteiger partial charge in [-0.25, -0.2) is 4.98 Å². The average molecular weight is 283 g/mol. The second kappa shape index (κ2) is 9.50. The van der Waals surface area contributed by atoms with E-state index in [0.29, 0.717) is 38.2 Å². The standard InChI is InChI=1S/C14H25N3O3/c1-11(2)9-13-16-12(15-5-6-18-3)10-14(17-13)20-8-7-19-4/h10-11H,5-9H2,1-4H3,(H,15,16,17). The summed E-state index contributed by atoms with van der Waals surface area (Å²) in [4.78, 5) is 8.90. The molecule has 0 aliphatic rings. The minimum absolute atomic E-state index is 0.478. The third kappa shape index (κ3) is 6.68. The first-order valence-electron chi connectivity index (χ1n) is 6.88. The van der Waals surface area contributed by atoms with Gasteiger partial charge in [-0.05, 0) is 5.92 Å². The Morgan fingerprint density at radius 1 is 1.10 bits per heavy atom. The van der Waals surface area contributed by atoms with Crippen LogP contribution in [-0.2, 0) is 15.9 Å². The molecule has 1 heterocycles. The van der Waals surface area contributed by atoms with Crippen LogP contribution in [0, 0.1) is 5.92 Å². The SMILES string of the molecule is COCCNc1cc(OCCOC)nc(CC(C)C)n1. The molecule has 1 rings (SSSR count). The number of nitrogens with one attached hydrogen (secondary N) is 1. The summed E-state index contributed by atoms with van der Waals surface area (Å²) < 4.78 is 15.6. The summed E-state index contributed by atoms with van der Waals surface area (Å²) in [5, 5.41) is 3.20. The molecule has 1 aromatic heterocycles. The van der Waals surface area contributed by atoms with Gasteiger partial charge in [0.05, 0.1) is 13.2 Å². The summed E-state index contributed by atoms with van der Waals surface area (Å²) in [5.74, 6) is 2.62. The molecule has 114 valence electrons. The van der Waals surface area contributed by atoms with Gasteiger partial charge in [-0.2, -0.15) is 4.98 Å². The Balaban J connectivity index is 2.72.